The van der Waals surface area contributed by atoms with Gasteiger partial charge in [0.05, 0.1) is 12.2 Å². The van der Waals surface area contributed by atoms with Crippen molar-refractivity contribution in [3.05, 3.63) is 65.2 Å². The number of benzene rings is 2. The Balaban J connectivity index is 1.97. The molecule has 0 radical (unpaired) electrons. The van der Waals surface area contributed by atoms with E-state index in [4.69, 9.17) is 0 Å². The molecule has 2 N–H and O–H groups in total. The molecular weight excluding hydrogens is 314 g/mol. The van der Waals surface area contributed by atoms with Crippen LogP contribution in [0.2, 0.25) is 0 Å². The highest BCUT2D eigenvalue weighted by Gasteiger charge is 2.14. The number of para-hydroxylation sites is 1. The number of ketones is 1. The Hall–Kier alpha value is -2.60. The van der Waals surface area contributed by atoms with Crippen molar-refractivity contribution in [3.8, 4) is 0 Å². The number of hydrogen-bond acceptors (Lipinski definition) is 3. The molecule has 0 heterocycles. The van der Waals surface area contributed by atoms with Crippen LogP contribution in [0.25, 0.3) is 0 Å². The summed E-state index contributed by atoms with van der Waals surface area (Å²) in [4.78, 5) is 23.5. The molecule has 6 heteroatoms. The van der Waals surface area contributed by atoms with Crippen LogP contribution >= 0.6 is 0 Å². The van der Waals surface area contributed by atoms with Gasteiger partial charge in [-0.15, -0.1) is 0 Å². The summed E-state index contributed by atoms with van der Waals surface area (Å²) in [7, 11) is 0. The van der Waals surface area contributed by atoms with Gasteiger partial charge in [-0.1, -0.05) is 18.2 Å². The fourth-order valence-electron chi connectivity index (χ4n) is 2.30. The molecule has 1 amide bonds. The monoisotopic (exact) mass is 332 g/mol. The molecule has 2 aromatic rings. The second-order valence-corrected chi connectivity index (χ2v) is 5.42. The zero-order valence-corrected chi connectivity index (χ0v) is 13.4. The van der Waals surface area contributed by atoms with Crippen molar-refractivity contribution in [2.75, 3.05) is 11.9 Å². The molecule has 0 aliphatic carbocycles. The van der Waals surface area contributed by atoms with Crippen LogP contribution in [0, 0.1) is 11.6 Å². The first-order valence-electron chi connectivity index (χ1n) is 7.46. The summed E-state index contributed by atoms with van der Waals surface area (Å²) in [5, 5.41) is 5.51. The predicted molar refractivity (Wildman–Crippen MR) is 87.9 cm³/mol. The van der Waals surface area contributed by atoms with E-state index in [0.29, 0.717) is 11.3 Å². The minimum absolute atomic E-state index is 0.0791. The minimum Gasteiger partial charge on any atom is -0.324 e. The molecule has 24 heavy (non-hydrogen) atoms. The van der Waals surface area contributed by atoms with Crippen LogP contribution in [-0.4, -0.2) is 18.2 Å². The first kappa shape index (κ1) is 17.7. The van der Waals surface area contributed by atoms with Gasteiger partial charge >= 0.3 is 0 Å². The zero-order chi connectivity index (χ0) is 17.7. The quantitative estimate of drug-likeness (QED) is 0.797. The highest BCUT2D eigenvalue weighted by atomic mass is 19.1. The van der Waals surface area contributed by atoms with Crippen molar-refractivity contribution < 1.29 is 18.4 Å². The molecular formula is C18H18F2N2O2. The molecule has 0 aromatic heterocycles. The Morgan fingerprint density at radius 3 is 2.50 bits per heavy atom. The average Bonchev–Trinajstić information content (AvgIpc) is 2.53. The molecule has 0 saturated heterocycles. The van der Waals surface area contributed by atoms with E-state index in [9.17, 15) is 18.4 Å². The van der Waals surface area contributed by atoms with Crippen molar-refractivity contribution in [1.82, 2.24) is 5.32 Å². The SMILES string of the molecule is CC(=O)c1ccccc1NC(=O)CN[C@@H](C)c1ccc(F)cc1F. The van der Waals surface area contributed by atoms with Gasteiger partial charge in [-0.3, -0.25) is 9.59 Å². The second-order valence-electron chi connectivity index (χ2n) is 5.42. The van der Waals surface area contributed by atoms with Gasteiger partial charge in [-0.25, -0.2) is 8.78 Å². The smallest absolute Gasteiger partial charge is 0.238 e. The number of carbonyl (C=O) groups excluding carboxylic acids is 2. The number of anilines is 1. The summed E-state index contributed by atoms with van der Waals surface area (Å²) in [6.07, 6.45) is 0. The van der Waals surface area contributed by atoms with Gasteiger partial charge in [0, 0.05) is 23.2 Å². The molecule has 0 fully saturated rings. The van der Waals surface area contributed by atoms with Crippen molar-refractivity contribution in [3.63, 3.8) is 0 Å². The largest absolute Gasteiger partial charge is 0.324 e. The van der Waals surface area contributed by atoms with E-state index in [1.54, 1.807) is 31.2 Å². The summed E-state index contributed by atoms with van der Waals surface area (Å²) in [6, 6.07) is 9.52. The lowest BCUT2D eigenvalue weighted by molar-refractivity contribution is -0.115. The Bertz CT molecular complexity index is 762. The lowest BCUT2D eigenvalue weighted by Crippen LogP contribution is -2.30. The van der Waals surface area contributed by atoms with E-state index in [1.165, 1.54) is 19.1 Å². The number of carbonyl (C=O) groups is 2. The van der Waals surface area contributed by atoms with Gasteiger partial charge in [0.25, 0.3) is 0 Å². The molecule has 0 bridgehead atoms. The maximum Gasteiger partial charge on any atom is 0.238 e. The molecule has 0 saturated carbocycles. The van der Waals surface area contributed by atoms with Gasteiger partial charge in [-0.05, 0) is 32.0 Å². The normalized spacial score (nSPS) is 11.8. The predicted octanol–water partition coefficient (Wildman–Crippen LogP) is 3.46. The zero-order valence-electron chi connectivity index (χ0n) is 13.4. The molecule has 0 aliphatic rings. The van der Waals surface area contributed by atoms with Gasteiger partial charge in [0.1, 0.15) is 11.6 Å². The van der Waals surface area contributed by atoms with Gasteiger partial charge in [-0.2, -0.15) is 0 Å². The summed E-state index contributed by atoms with van der Waals surface area (Å²) >= 11 is 0. The Morgan fingerprint density at radius 1 is 1.12 bits per heavy atom. The molecule has 4 nitrogen and oxygen atoms in total. The van der Waals surface area contributed by atoms with Crippen LogP contribution in [-0.2, 0) is 4.79 Å². The highest BCUT2D eigenvalue weighted by Crippen LogP contribution is 2.18. The Morgan fingerprint density at radius 2 is 1.83 bits per heavy atom. The Kier molecular flexibility index (Phi) is 5.76. The number of Topliss-reactive ketones (excluding diaryl/α,β-unsaturated/α-hetero) is 1. The van der Waals surface area contributed by atoms with Crippen LogP contribution in [0.15, 0.2) is 42.5 Å². The maximum absolute atomic E-state index is 13.7. The molecule has 0 spiro atoms. The lowest BCUT2D eigenvalue weighted by Gasteiger charge is -2.15. The van der Waals surface area contributed by atoms with Crippen LogP contribution in [0.4, 0.5) is 14.5 Å². The van der Waals surface area contributed by atoms with Crippen LogP contribution in [0.3, 0.4) is 0 Å². The van der Waals surface area contributed by atoms with Crippen LogP contribution < -0.4 is 10.6 Å². The fraction of sp³-hybridized carbons (Fsp3) is 0.222. The van der Waals surface area contributed by atoms with Crippen molar-refractivity contribution >= 4 is 17.4 Å². The third-order valence-electron chi connectivity index (χ3n) is 3.58. The molecule has 0 unspecified atom stereocenters. The average molecular weight is 332 g/mol. The number of halogens is 2. The van der Waals surface area contributed by atoms with E-state index in [2.05, 4.69) is 10.6 Å². The fourth-order valence-corrected chi connectivity index (χ4v) is 2.30. The van der Waals surface area contributed by atoms with Crippen molar-refractivity contribution in [1.29, 1.82) is 0 Å². The maximum atomic E-state index is 13.7. The number of amides is 1. The molecule has 0 aliphatic heterocycles. The van der Waals surface area contributed by atoms with Crippen molar-refractivity contribution in [2.24, 2.45) is 0 Å². The van der Waals surface area contributed by atoms with Gasteiger partial charge in [0.15, 0.2) is 5.78 Å². The van der Waals surface area contributed by atoms with E-state index in [1.807, 2.05) is 0 Å². The topological polar surface area (TPSA) is 58.2 Å². The number of nitrogens with one attached hydrogen (secondary N) is 2. The summed E-state index contributed by atoms with van der Waals surface area (Å²) in [6.45, 7) is 3.01. The van der Waals surface area contributed by atoms with Crippen LogP contribution in [0.1, 0.15) is 35.8 Å². The third-order valence-corrected chi connectivity index (χ3v) is 3.58. The third kappa shape index (κ3) is 4.45. The first-order chi connectivity index (χ1) is 11.4. The van der Waals surface area contributed by atoms with E-state index in [0.717, 1.165) is 6.07 Å². The summed E-state index contributed by atoms with van der Waals surface area (Å²) in [5.74, 6) is -1.84. The molecule has 126 valence electrons. The highest BCUT2D eigenvalue weighted by molar-refractivity contribution is 6.04. The van der Waals surface area contributed by atoms with Gasteiger partial charge in [0.2, 0.25) is 5.91 Å². The lowest BCUT2D eigenvalue weighted by atomic mass is 10.1. The summed E-state index contributed by atoms with van der Waals surface area (Å²) < 4.78 is 26.6. The van der Waals surface area contributed by atoms with Crippen molar-refractivity contribution in [2.45, 2.75) is 19.9 Å². The van der Waals surface area contributed by atoms with E-state index >= 15 is 0 Å². The van der Waals surface area contributed by atoms with Crippen LogP contribution in [0.5, 0.6) is 0 Å². The van der Waals surface area contributed by atoms with Gasteiger partial charge < -0.3 is 10.6 Å². The standard InChI is InChI=1S/C18H18F2N2O2/c1-11(14-8-7-13(19)9-16(14)20)21-10-18(24)22-17-6-4-3-5-15(17)12(2)23/h3-9,11,21H,10H2,1-2H3,(H,22,24)/t11-/m0/s1. The molecule has 1 atom stereocenters. The molecule has 2 aromatic carbocycles. The second kappa shape index (κ2) is 7.79. The number of hydrogen-bond donors (Lipinski definition) is 2. The molecule has 2 rings (SSSR count). The van der Waals surface area contributed by atoms with E-state index < -0.39 is 17.7 Å². The Labute approximate surface area is 138 Å². The van der Waals surface area contributed by atoms with E-state index in [-0.39, 0.29) is 23.8 Å². The summed E-state index contributed by atoms with van der Waals surface area (Å²) in [5.41, 5.74) is 1.12. The minimum atomic E-state index is -0.669. The number of rotatable bonds is 6. The first-order valence-corrected chi connectivity index (χ1v) is 7.46.